The molecule has 2 rings (SSSR count). The Balaban J connectivity index is 1.94. The third-order valence-electron chi connectivity index (χ3n) is 3.37. The minimum Gasteiger partial charge on any atom is -0.335 e. The fraction of sp³-hybridized carbons (Fsp3) is 0.533. The van der Waals surface area contributed by atoms with Crippen molar-refractivity contribution in [3.63, 3.8) is 0 Å². The molecule has 0 saturated heterocycles. The van der Waals surface area contributed by atoms with Crippen LogP contribution in [-0.4, -0.2) is 30.4 Å². The monoisotopic (exact) mass is 264 g/mol. The first-order valence-corrected chi connectivity index (χ1v) is 6.89. The van der Waals surface area contributed by atoms with Crippen molar-refractivity contribution in [1.82, 2.24) is 10.2 Å². The second kappa shape index (κ2) is 6.66. The van der Waals surface area contributed by atoms with Crippen molar-refractivity contribution in [2.24, 2.45) is 0 Å². The minimum atomic E-state index is -0.240. The number of rotatable bonds is 7. The standard InChI is InChI=1S/C15H21FN2O/c1-17-9-3-6-15(19)18(14-7-8-14)11-12-4-2-5-13(16)10-12/h2,4-5,10,14,17H,3,6-9,11H2,1H3. The van der Waals surface area contributed by atoms with Gasteiger partial charge < -0.3 is 10.2 Å². The van der Waals surface area contributed by atoms with Gasteiger partial charge in [0.05, 0.1) is 0 Å². The van der Waals surface area contributed by atoms with Crippen LogP contribution in [-0.2, 0) is 11.3 Å². The number of hydrogen-bond donors (Lipinski definition) is 1. The van der Waals surface area contributed by atoms with Crippen molar-refractivity contribution >= 4 is 5.91 Å². The molecule has 4 heteroatoms. The lowest BCUT2D eigenvalue weighted by Gasteiger charge is -2.22. The van der Waals surface area contributed by atoms with Gasteiger partial charge in [0.25, 0.3) is 0 Å². The molecule has 104 valence electrons. The first-order valence-electron chi connectivity index (χ1n) is 6.89. The van der Waals surface area contributed by atoms with Crippen LogP contribution in [0.2, 0.25) is 0 Å². The molecule has 19 heavy (non-hydrogen) atoms. The van der Waals surface area contributed by atoms with Gasteiger partial charge in [-0.2, -0.15) is 0 Å². The number of nitrogens with one attached hydrogen (secondary N) is 1. The Morgan fingerprint density at radius 3 is 2.89 bits per heavy atom. The SMILES string of the molecule is CNCCCC(=O)N(Cc1cccc(F)c1)C1CC1. The number of halogens is 1. The molecule has 1 aliphatic rings. The van der Waals surface area contributed by atoms with Crippen molar-refractivity contribution in [2.75, 3.05) is 13.6 Å². The Hall–Kier alpha value is -1.42. The Morgan fingerprint density at radius 2 is 2.26 bits per heavy atom. The Kier molecular flexibility index (Phi) is 4.91. The van der Waals surface area contributed by atoms with E-state index in [9.17, 15) is 9.18 Å². The van der Waals surface area contributed by atoms with Crippen molar-refractivity contribution in [3.8, 4) is 0 Å². The van der Waals surface area contributed by atoms with Gasteiger partial charge in [-0.3, -0.25) is 4.79 Å². The smallest absolute Gasteiger partial charge is 0.223 e. The molecule has 1 amide bonds. The van der Waals surface area contributed by atoms with Crippen molar-refractivity contribution in [2.45, 2.75) is 38.3 Å². The molecule has 0 atom stereocenters. The number of nitrogens with zero attached hydrogens (tertiary/aromatic N) is 1. The molecule has 0 aliphatic heterocycles. The number of benzene rings is 1. The Bertz CT molecular complexity index is 432. The highest BCUT2D eigenvalue weighted by molar-refractivity contribution is 5.76. The third kappa shape index (κ3) is 4.31. The minimum absolute atomic E-state index is 0.182. The zero-order valence-electron chi connectivity index (χ0n) is 11.4. The van der Waals surface area contributed by atoms with Crippen molar-refractivity contribution in [3.05, 3.63) is 35.6 Å². The van der Waals surface area contributed by atoms with Gasteiger partial charge >= 0.3 is 0 Å². The molecule has 0 aromatic heterocycles. The van der Waals surface area contributed by atoms with Crippen molar-refractivity contribution < 1.29 is 9.18 Å². The fourth-order valence-electron chi connectivity index (χ4n) is 2.20. The molecule has 3 nitrogen and oxygen atoms in total. The lowest BCUT2D eigenvalue weighted by molar-refractivity contribution is -0.132. The first kappa shape index (κ1) is 14.0. The number of hydrogen-bond acceptors (Lipinski definition) is 2. The molecule has 1 N–H and O–H groups in total. The molecular weight excluding hydrogens is 243 g/mol. The molecule has 0 unspecified atom stereocenters. The van der Waals surface area contributed by atoms with Gasteiger partial charge in [0.2, 0.25) is 5.91 Å². The van der Waals surface area contributed by atoms with E-state index in [0.717, 1.165) is 31.4 Å². The van der Waals surface area contributed by atoms with E-state index in [2.05, 4.69) is 5.32 Å². The van der Waals surface area contributed by atoms with Crippen LogP contribution in [0.1, 0.15) is 31.2 Å². The molecule has 1 aromatic carbocycles. The van der Waals surface area contributed by atoms with E-state index in [4.69, 9.17) is 0 Å². The summed E-state index contributed by atoms with van der Waals surface area (Å²) in [5.41, 5.74) is 0.869. The number of carbonyl (C=O) groups is 1. The average molecular weight is 264 g/mol. The molecule has 0 spiro atoms. The van der Waals surface area contributed by atoms with Gasteiger partial charge in [-0.05, 0) is 50.6 Å². The van der Waals surface area contributed by atoms with Crippen molar-refractivity contribution in [1.29, 1.82) is 0 Å². The predicted octanol–water partition coefficient (Wildman–Crippen LogP) is 2.32. The fourth-order valence-corrected chi connectivity index (χ4v) is 2.20. The molecule has 0 heterocycles. The quantitative estimate of drug-likeness (QED) is 0.767. The van der Waals surface area contributed by atoms with E-state index in [1.54, 1.807) is 6.07 Å². The summed E-state index contributed by atoms with van der Waals surface area (Å²) in [7, 11) is 1.88. The zero-order chi connectivity index (χ0) is 13.7. The van der Waals surface area contributed by atoms with E-state index in [1.165, 1.54) is 12.1 Å². The number of amides is 1. The highest BCUT2D eigenvalue weighted by Crippen LogP contribution is 2.29. The number of carbonyl (C=O) groups excluding carboxylic acids is 1. The molecule has 1 saturated carbocycles. The van der Waals surface area contributed by atoms with Crippen LogP contribution < -0.4 is 5.32 Å². The Morgan fingerprint density at radius 1 is 1.47 bits per heavy atom. The van der Waals surface area contributed by atoms with Crippen LogP contribution in [0.4, 0.5) is 4.39 Å². The maximum atomic E-state index is 13.2. The topological polar surface area (TPSA) is 32.3 Å². The van der Waals surface area contributed by atoms with Crippen LogP contribution in [0.15, 0.2) is 24.3 Å². The maximum Gasteiger partial charge on any atom is 0.223 e. The lowest BCUT2D eigenvalue weighted by atomic mass is 10.2. The maximum absolute atomic E-state index is 13.2. The summed E-state index contributed by atoms with van der Waals surface area (Å²) in [6.45, 7) is 1.38. The molecule has 1 aliphatic carbocycles. The van der Waals surface area contributed by atoms with Crippen LogP contribution in [0.3, 0.4) is 0 Å². The molecule has 0 radical (unpaired) electrons. The third-order valence-corrected chi connectivity index (χ3v) is 3.37. The van der Waals surface area contributed by atoms with Crippen LogP contribution in [0.25, 0.3) is 0 Å². The summed E-state index contributed by atoms with van der Waals surface area (Å²) in [6.07, 6.45) is 3.56. The average Bonchev–Trinajstić information content (AvgIpc) is 3.20. The van der Waals surface area contributed by atoms with Gasteiger partial charge in [-0.1, -0.05) is 12.1 Å². The summed E-state index contributed by atoms with van der Waals surface area (Å²) < 4.78 is 13.2. The molecule has 1 aromatic rings. The van der Waals surface area contributed by atoms with E-state index < -0.39 is 0 Å². The molecule has 1 fully saturated rings. The van der Waals surface area contributed by atoms with Crippen LogP contribution in [0, 0.1) is 5.82 Å². The summed E-state index contributed by atoms with van der Waals surface area (Å²) in [5, 5.41) is 3.04. The van der Waals surface area contributed by atoms with Gasteiger partial charge in [0.1, 0.15) is 5.82 Å². The summed E-state index contributed by atoms with van der Waals surface area (Å²) in [6, 6.07) is 6.88. The largest absolute Gasteiger partial charge is 0.335 e. The summed E-state index contributed by atoms with van der Waals surface area (Å²) >= 11 is 0. The molecular formula is C15H21FN2O. The first-order chi connectivity index (χ1) is 9.20. The summed E-state index contributed by atoms with van der Waals surface area (Å²) in [4.78, 5) is 14.1. The van der Waals surface area contributed by atoms with E-state index in [0.29, 0.717) is 19.0 Å². The normalized spacial score (nSPS) is 14.4. The highest BCUT2D eigenvalue weighted by atomic mass is 19.1. The van der Waals surface area contributed by atoms with Gasteiger partial charge in [0, 0.05) is 19.0 Å². The summed E-state index contributed by atoms with van der Waals surface area (Å²) in [5.74, 6) is -0.0575. The van der Waals surface area contributed by atoms with E-state index >= 15 is 0 Å². The van der Waals surface area contributed by atoms with Crippen LogP contribution in [0.5, 0.6) is 0 Å². The zero-order valence-corrected chi connectivity index (χ0v) is 11.4. The second-order valence-electron chi connectivity index (χ2n) is 5.09. The van der Waals surface area contributed by atoms with Gasteiger partial charge in [0.15, 0.2) is 0 Å². The lowest BCUT2D eigenvalue weighted by Crippen LogP contribution is -2.32. The second-order valence-corrected chi connectivity index (χ2v) is 5.09. The highest BCUT2D eigenvalue weighted by Gasteiger charge is 2.32. The Labute approximate surface area is 113 Å². The van der Waals surface area contributed by atoms with Gasteiger partial charge in [-0.25, -0.2) is 4.39 Å². The van der Waals surface area contributed by atoms with Crippen LogP contribution >= 0.6 is 0 Å². The predicted molar refractivity (Wildman–Crippen MR) is 73.1 cm³/mol. The molecule has 0 bridgehead atoms. The van der Waals surface area contributed by atoms with Gasteiger partial charge in [-0.15, -0.1) is 0 Å². The van der Waals surface area contributed by atoms with E-state index in [-0.39, 0.29) is 11.7 Å². The van der Waals surface area contributed by atoms with E-state index in [1.807, 2.05) is 18.0 Å².